The second kappa shape index (κ2) is 8.35. The van der Waals surface area contributed by atoms with Gasteiger partial charge in [0, 0.05) is 22.7 Å². The zero-order chi connectivity index (χ0) is 20.4. The number of amides is 1. The van der Waals surface area contributed by atoms with Gasteiger partial charge < -0.3 is 15.0 Å². The molecular weight excluding hydrogens is 399 g/mol. The van der Waals surface area contributed by atoms with Crippen molar-refractivity contribution in [3.8, 4) is 0 Å². The normalized spacial score (nSPS) is 13.3. The lowest BCUT2D eigenvalue weighted by molar-refractivity contribution is -0.117. The summed E-state index contributed by atoms with van der Waals surface area (Å²) in [5, 5.41) is 14.2. The molecule has 0 saturated carbocycles. The van der Waals surface area contributed by atoms with E-state index in [-0.39, 0.29) is 24.1 Å². The number of pyridine rings is 1. The number of carbonyl (C=O) groups is 1. The van der Waals surface area contributed by atoms with E-state index in [1.807, 2.05) is 0 Å². The molecule has 28 heavy (non-hydrogen) atoms. The smallest absolute Gasteiger partial charge is 0.258 e. The van der Waals surface area contributed by atoms with Crippen molar-refractivity contribution in [3.05, 3.63) is 74.6 Å². The third-order valence-electron chi connectivity index (χ3n) is 4.81. The highest BCUT2D eigenvalue weighted by atomic mass is 35.5. The standard InChI is InChI=1S/C21H20Cl2N2O3/c1-12(11-26)25-9-8-15-16(21(25)28)4-3-5-19(15)24-20(27)13(2)14-6-7-17(22)18(23)10-14/h3-10,12-13,26H,11H2,1-2H3,(H,24,27)/t12-,13+/m0/s1. The number of hydrogen-bond acceptors (Lipinski definition) is 3. The van der Waals surface area contributed by atoms with E-state index in [1.165, 1.54) is 4.57 Å². The number of carbonyl (C=O) groups excluding carboxylic acids is 1. The van der Waals surface area contributed by atoms with Gasteiger partial charge in [-0.1, -0.05) is 35.3 Å². The highest BCUT2D eigenvalue weighted by Gasteiger charge is 2.18. The number of fused-ring (bicyclic) bond motifs is 1. The van der Waals surface area contributed by atoms with E-state index in [1.54, 1.807) is 62.5 Å². The first kappa shape index (κ1) is 20.4. The summed E-state index contributed by atoms with van der Waals surface area (Å²) in [7, 11) is 0. The molecule has 2 atom stereocenters. The van der Waals surface area contributed by atoms with Crippen molar-refractivity contribution in [2.24, 2.45) is 0 Å². The fraction of sp³-hybridized carbons (Fsp3) is 0.238. The number of anilines is 1. The number of hydrogen-bond donors (Lipinski definition) is 2. The maximum absolute atomic E-state index is 12.8. The number of nitrogens with one attached hydrogen (secondary N) is 1. The Morgan fingerprint density at radius 2 is 1.86 bits per heavy atom. The average molecular weight is 419 g/mol. The van der Waals surface area contributed by atoms with Crippen LogP contribution in [-0.2, 0) is 4.79 Å². The van der Waals surface area contributed by atoms with Crippen LogP contribution in [0.25, 0.3) is 10.8 Å². The molecule has 1 heterocycles. The summed E-state index contributed by atoms with van der Waals surface area (Å²) in [6.07, 6.45) is 1.63. The van der Waals surface area contributed by atoms with Crippen LogP contribution in [-0.4, -0.2) is 22.2 Å². The first-order valence-electron chi connectivity index (χ1n) is 8.84. The van der Waals surface area contributed by atoms with Gasteiger partial charge in [0.15, 0.2) is 0 Å². The van der Waals surface area contributed by atoms with Crippen molar-refractivity contribution < 1.29 is 9.90 Å². The lowest BCUT2D eigenvalue weighted by Crippen LogP contribution is -2.25. The molecule has 0 radical (unpaired) electrons. The lowest BCUT2D eigenvalue weighted by atomic mass is 10.00. The molecule has 0 bridgehead atoms. The fourth-order valence-corrected chi connectivity index (χ4v) is 3.32. The lowest BCUT2D eigenvalue weighted by Gasteiger charge is -2.16. The van der Waals surface area contributed by atoms with Crippen LogP contribution >= 0.6 is 23.2 Å². The Labute approximate surface area is 172 Å². The maximum atomic E-state index is 12.8. The van der Waals surface area contributed by atoms with Gasteiger partial charge >= 0.3 is 0 Å². The average Bonchev–Trinajstić information content (AvgIpc) is 2.69. The minimum absolute atomic E-state index is 0.136. The minimum atomic E-state index is -0.459. The van der Waals surface area contributed by atoms with Crippen LogP contribution in [0.5, 0.6) is 0 Å². The van der Waals surface area contributed by atoms with Crippen LogP contribution < -0.4 is 10.9 Å². The van der Waals surface area contributed by atoms with Crippen LogP contribution in [0.1, 0.15) is 31.4 Å². The zero-order valence-corrected chi connectivity index (χ0v) is 17.0. The van der Waals surface area contributed by atoms with Crippen LogP contribution in [0, 0.1) is 0 Å². The molecule has 3 aromatic rings. The van der Waals surface area contributed by atoms with E-state index in [0.29, 0.717) is 26.5 Å². The van der Waals surface area contributed by atoms with Crippen LogP contribution in [0.2, 0.25) is 10.0 Å². The summed E-state index contributed by atoms with van der Waals surface area (Å²) >= 11 is 12.0. The monoisotopic (exact) mass is 418 g/mol. The predicted molar refractivity (Wildman–Crippen MR) is 114 cm³/mol. The molecule has 0 fully saturated rings. The molecule has 0 aliphatic rings. The number of aliphatic hydroxyl groups excluding tert-OH is 1. The zero-order valence-electron chi connectivity index (χ0n) is 15.4. The number of benzene rings is 2. The second-order valence-corrected chi connectivity index (χ2v) is 7.53. The third-order valence-corrected chi connectivity index (χ3v) is 5.55. The SMILES string of the molecule is C[C@@H](C(=O)Nc1cccc2c(=O)n([C@@H](C)CO)ccc12)c1ccc(Cl)c(Cl)c1. The van der Waals surface area contributed by atoms with E-state index in [4.69, 9.17) is 23.2 Å². The van der Waals surface area contributed by atoms with Crippen LogP contribution in [0.4, 0.5) is 5.69 Å². The Balaban J connectivity index is 1.93. The number of aromatic nitrogens is 1. The largest absolute Gasteiger partial charge is 0.394 e. The van der Waals surface area contributed by atoms with Gasteiger partial charge in [0.25, 0.3) is 5.56 Å². The number of halogens is 2. The Morgan fingerprint density at radius 1 is 1.11 bits per heavy atom. The summed E-state index contributed by atoms with van der Waals surface area (Å²) in [5.74, 6) is -0.682. The van der Waals surface area contributed by atoms with Gasteiger partial charge in [0.2, 0.25) is 5.91 Å². The van der Waals surface area contributed by atoms with Crippen molar-refractivity contribution in [2.45, 2.75) is 25.8 Å². The molecule has 3 rings (SSSR count). The van der Waals surface area contributed by atoms with E-state index >= 15 is 0 Å². The molecule has 0 aliphatic heterocycles. The molecule has 1 aromatic heterocycles. The van der Waals surface area contributed by atoms with Crippen molar-refractivity contribution in [1.82, 2.24) is 4.57 Å². The molecule has 5 nitrogen and oxygen atoms in total. The van der Waals surface area contributed by atoms with Gasteiger partial charge in [-0.3, -0.25) is 9.59 Å². The predicted octanol–water partition coefficient (Wildman–Crippen LogP) is 4.60. The van der Waals surface area contributed by atoms with Crippen molar-refractivity contribution in [1.29, 1.82) is 0 Å². The fourth-order valence-electron chi connectivity index (χ4n) is 3.01. The number of nitrogens with zero attached hydrogens (tertiary/aromatic N) is 1. The van der Waals surface area contributed by atoms with Gasteiger partial charge in [-0.25, -0.2) is 0 Å². The molecule has 0 saturated heterocycles. The van der Waals surface area contributed by atoms with Gasteiger partial charge in [0.05, 0.1) is 28.6 Å². The van der Waals surface area contributed by atoms with Gasteiger partial charge in [-0.05, 0) is 49.7 Å². The van der Waals surface area contributed by atoms with Crippen molar-refractivity contribution >= 4 is 45.6 Å². The molecule has 2 aromatic carbocycles. The van der Waals surface area contributed by atoms with E-state index in [2.05, 4.69) is 5.32 Å². The summed E-state index contributed by atoms with van der Waals surface area (Å²) in [4.78, 5) is 25.5. The van der Waals surface area contributed by atoms with Gasteiger partial charge in [-0.2, -0.15) is 0 Å². The molecular formula is C21H20Cl2N2O3. The van der Waals surface area contributed by atoms with Gasteiger partial charge in [0.1, 0.15) is 0 Å². The Hall–Kier alpha value is -2.34. The number of aliphatic hydroxyl groups is 1. The summed E-state index contributed by atoms with van der Waals surface area (Å²) < 4.78 is 1.48. The van der Waals surface area contributed by atoms with E-state index < -0.39 is 5.92 Å². The Morgan fingerprint density at radius 3 is 2.54 bits per heavy atom. The first-order valence-corrected chi connectivity index (χ1v) is 9.59. The molecule has 146 valence electrons. The highest BCUT2D eigenvalue weighted by Crippen LogP contribution is 2.28. The maximum Gasteiger partial charge on any atom is 0.258 e. The first-order chi connectivity index (χ1) is 13.3. The van der Waals surface area contributed by atoms with Crippen molar-refractivity contribution in [2.75, 3.05) is 11.9 Å². The van der Waals surface area contributed by atoms with Crippen LogP contribution in [0.15, 0.2) is 53.5 Å². The highest BCUT2D eigenvalue weighted by molar-refractivity contribution is 6.42. The number of rotatable bonds is 5. The Bertz CT molecular complexity index is 1090. The summed E-state index contributed by atoms with van der Waals surface area (Å²) in [6, 6.07) is 11.7. The van der Waals surface area contributed by atoms with Crippen molar-refractivity contribution in [3.63, 3.8) is 0 Å². The van der Waals surface area contributed by atoms with E-state index in [9.17, 15) is 14.7 Å². The quantitative estimate of drug-likeness (QED) is 0.635. The summed E-state index contributed by atoms with van der Waals surface area (Å²) in [5.41, 5.74) is 1.08. The van der Waals surface area contributed by atoms with Gasteiger partial charge in [-0.15, -0.1) is 0 Å². The molecule has 1 amide bonds. The topological polar surface area (TPSA) is 71.3 Å². The molecule has 2 N–H and O–H groups in total. The molecule has 0 unspecified atom stereocenters. The summed E-state index contributed by atoms with van der Waals surface area (Å²) in [6.45, 7) is 3.40. The molecule has 7 heteroatoms. The van der Waals surface area contributed by atoms with Crippen LogP contribution in [0.3, 0.4) is 0 Å². The molecule has 0 spiro atoms. The Kier molecular flexibility index (Phi) is 6.08. The molecule has 0 aliphatic carbocycles. The third kappa shape index (κ3) is 3.92. The minimum Gasteiger partial charge on any atom is -0.394 e. The second-order valence-electron chi connectivity index (χ2n) is 6.71. The van der Waals surface area contributed by atoms with E-state index in [0.717, 1.165) is 5.56 Å².